The zero-order valence-corrected chi connectivity index (χ0v) is 7.55. The van der Waals surface area contributed by atoms with Crippen LogP contribution >= 0.6 is 11.6 Å². The maximum Gasteiger partial charge on any atom is 0.224 e. The number of aldehydes is 1. The van der Waals surface area contributed by atoms with Gasteiger partial charge in [-0.25, -0.2) is 4.98 Å². The van der Waals surface area contributed by atoms with Gasteiger partial charge in [-0.2, -0.15) is 0 Å². The van der Waals surface area contributed by atoms with E-state index in [9.17, 15) is 4.79 Å². The van der Waals surface area contributed by atoms with E-state index in [2.05, 4.69) is 4.98 Å². The zero-order valence-electron chi connectivity index (χ0n) is 6.80. The van der Waals surface area contributed by atoms with Gasteiger partial charge in [0.1, 0.15) is 0 Å². The van der Waals surface area contributed by atoms with Gasteiger partial charge in [-0.3, -0.25) is 4.79 Å². The number of nitrogens with zero attached hydrogens (tertiary/aromatic N) is 1. The molecule has 64 valence electrons. The highest BCUT2D eigenvalue weighted by Gasteiger charge is 2.09. The molecule has 0 radical (unpaired) electrons. The fourth-order valence-electron chi connectivity index (χ4n) is 0.872. The lowest BCUT2D eigenvalue weighted by molar-refractivity contribution is 0.111. The third kappa shape index (κ3) is 1.41. The van der Waals surface area contributed by atoms with Crippen molar-refractivity contribution in [1.29, 1.82) is 0 Å². The molecule has 0 aliphatic carbocycles. The summed E-state index contributed by atoms with van der Waals surface area (Å²) < 4.78 is 4.87. The summed E-state index contributed by atoms with van der Waals surface area (Å²) in [7, 11) is 1.46. The maximum absolute atomic E-state index is 10.6. The Bertz CT molecular complexity index is 312. The van der Waals surface area contributed by atoms with Crippen LogP contribution in [0.1, 0.15) is 15.9 Å². The number of carbonyl (C=O) groups excluding carboxylic acids is 1. The Balaban J connectivity index is 3.35. The molecule has 0 saturated heterocycles. The molecule has 0 fully saturated rings. The molecule has 0 spiro atoms. The van der Waals surface area contributed by atoms with Crippen LogP contribution in [-0.4, -0.2) is 18.4 Å². The van der Waals surface area contributed by atoms with Crippen molar-refractivity contribution >= 4 is 17.9 Å². The van der Waals surface area contributed by atoms with Crippen LogP contribution in [0.3, 0.4) is 0 Å². The minimum Gasteiger partial charge on any atom is -0.480 e. The van der Waals surface area contributed by atoms with Gasteiger partial charge in [0, 0.05) is 6.20 Å². The van der Waals surface area contributed by atoms with E-state index in [1.807, 2.05) is 0 Å². The summed E-state index contributed by atoms with van der Waals surface area (Å²) in [4.78, 5) is 14.4. The molecule has 1 heterocycles. The molecule has 0 aromatic carbocycles. The van der Waals surface area contributed by atoms with Gasteiger partial charge in [0.2, 0.25) is 5.88 Å². The normalized spacial score (nSPS) is 9.58. The van der Waals surface area contributed by atoms with E-state index in [0.717, 1.165) is 0 Å². The quantitative estimate of drug-likeness (QED) is 0.661. The Kier molecular flexibility index (Phi) is 2.65. The molecule has 0 unspecified atom stereocenters. The average Bonchev–Trinajstić information content (AvgIpc) is 2.09. The smallest absolute Gasteiger partial charge is 0.224 e. The molecule has 4 heteroatoms. The van der Waals surface area contributed by atoms with E-state index < -0.39 is 0 Å². The first-order valence-corrected chi connectivity index (χ1v) is 3.72. The van der Waals surface area contributed by atoms with Crippen molar-refractivity contribution in [3.05, 3.63) is 22.3 Å². The van der Waals surface area contributed by atoms with E-state index in [4.69, 9.17) is 16.3 Å². The number of pyridine rings is 1. The first-order chi connectivity index (χ1) is 5.70. The van der Waals surface area contributed by atoms with Crippen molar-refractivity contribution in [2.24, 2.45) is 0 Å². The predicted octanol–water partition coefficient (Wildman–Crippen LogP) is 1.86. The van der Waals surface area contributed by atoms with Gasteiger partial charge in [0.15, 0.2) is 6.29 Å². The molecule has 3 nitrogen and oxygen atoms in total. The Labute approximate surface area is 75.3 Å². The van der Waals surface area contributed by atoms with Gasteiger partial charge >= 0.3 is 0 Å². The molecule has 1 aromatic heterocycles. The van der Waals surface area contributed by atoms with Crippen LogP contribution in [-0.2, 0) is 0 Å². The second-order valence-electron chi connectivity index (χ2n) is 2.27. The van der Waals surface area contributed by atoms with Crippen LogP contribution in [0.15, 0.2) is 6.20 Å². The minimum atomic E-state index is 0.312. The first-order valence-electron chi connectivity index (χ1n) is 3.35. The van der Waals surface area contributed by atoms with E-state index in [-0.39, 0.29) is 0 Å². The SMILES string of the molecule is COc1ncc(Cl)c(C)c1C=O. The largest absolute Gasteiger partial charge is 0.480 e. The van der Waals surface area contributed by atoms with Crippen LogP contribution in [0.2, 0.25) is 5.02 Å². The lowest BCUT2D eigenvalue weighted by atomic mass is 10.2. The zero-order chi connectivity index (χ0) is 9.14. The number of ether oxygens (including phenoxy) is 1. The molecule has 12 heavy (non-hydrogen) atoms. The molecule has 0 saturated carbocycles. The monoisotopic (exact) mass is 185 g/mol. The summed E-state index contributed by atoms with van der Waals surface area (Å²) in [6.07, 6.45) is 2.15. The van der Waals surface area contributed by atoms with Crippen LogP contribution in [0.25, 0.3) is 0 Å². The molecule has 0 aliphatic heterocycles. The van der Waals surface area contributed by atoms with E-state index in [0.29, 0.717) is 28.3 Å². The Morgan fingerprint density at radius 2 is 2.33 bits per heavy atom. The lowest BCUT2D eigenvalue weighted by Gasteiger charge is -2.05. The standard InChI is InChI=1S/C8H8ClNO2/c1-5-6(4-11)8(12-2)10-3-7(5)9/h3-4H,1-2H3. The van der Waals surface area contributed by atoms with Crippen molar-refractivity contribution in [2.75, 3.05) is 7.11 Å². The van der Waals surface area contributed by atoms with Gasteiger partial charge < -0.3 is 4.74 Å². The van der Waals surface area contributed by atoms with Crippen LogP contribution in [0.4, 0.5) is 0 Å². The number of aromatic nitrogens is 1. The first kappa shape index (κ1) is 9.00. The van der Waals surface area contributed by atoms with Crippen LogP contribution in [0, 0.1) is 6.92 Å². The summed E-state index contributed by atoms with van der Waals surface area (Å²) in [5.41, 5.74) is 1.10. The second kappa shape index (κ2) is 3.54. The number of hydrogen-bond acceptors (Lipinski definition) is 3. The van der Waals surface area contributed by atoms with Gasteiger partial charge in [0.05, 0.1) is 17.7 Å². The highest BCUT2D eigenvalue weighted by molar-refractivity contribution is 6.31. The van der Waals surface area contributed by atoms with Crippen molar-refractivity contribution < 1.29 is 9.53 Å². The number of methoxy groups -OCH3 is 1. The topological polar surface area (TPSA) is 39.2 Å². The van der Waals surface area contributed by atoms with Gasteiger partial charge in [-0.15, -0.1) is 0 Å². The van der Waals surface area contributed by atoms with Gasteiger partial charge in [0.25, 0.3) is 0 Å². The molecule has 0 amide bonds. The van der Waals surface area contributed by atoms with E-state index in [1.54, 1.807) is 6.92 Å². The Hall–Kier alpha value is -1.09. The molecular formula is C8H8ClNO2. The van der Waals surface area contributed by atoms with E-state index in [1.165, 1.54) is 13.3 Å². The summed E-state index contributed by atoms with van der Waals surface area (Å²) in [5, 5.41) is 0.470. The van der Waals surface area contributed by atoms with Crippen molar-refractivity contribution in [2.45, 2.75) is 6.92 Å². The molecule has 0 atom stereocenters. The predicted molar refractivity (Wildman–Crippen MR) is 45.9 cm³/mol. The summed E-state index contributed by atoms with van der Waals surface area (Å²) in [6, 6.07) is 0. The average molecular weight is 186 g/mol. The highest BCUT2D eigenvalue weighted by Crippen LogP contribution is 2.23. The Morgan fingerprint density at radius 3 is 2.83 bits per heavy atom. The third-order valence-corrected chi connectivity index (χ3v) is 1.98. The van der Waals surface area contributed by atoms with Crippen LogP contribution < -0.4 is 4.74 Å². The summed E-state index contributed by atoms with van der Waals surface area (Å²) >= 11 is 5.74. The number of hydrogen-bond donors (Lipinski definition) is 0. The lowest BCUT2D eigenvalue weighted by Crippen LogP contribution is -1.97. The van der Waals surface area contributed by atoms with Crippen molar-refractivity contribution in [3.63, 3.8) is 0 Å². The van der Waals surface area contributed by atoms with Gasteiger partial charge in [-0.1, -0.05) is 11.6 Å². The Morgan fingerprint density at radius 1 is 1.67 bits per heavy atom. The number of halogens is 1. The second-order valence-corrected chi connectivity index (χ2v) is 2.68. The van der Waals surface area contributed by atoms with E-state index >= 15 is 0 Å². The molecule has 0 bridgehead atoms. The third-order valence-electron chi connectivity index (χ3n) is 1.60. The van der Waals surface area contributed by atoms with Gasteiger partial charge in [-0.05, 0) is 12.5 Å². The fraction of sp³-hybridized carbons (Fsp3) is 0.250. The molecular weight excluding hydrogens is 178 g/mol. The molecule has 0 aliphatic rings. The molecule has 1 aromatic rings. The van der Waals surface area contributed by atoms with Crippen molar-refractivity contribution in [3.8, 4) is 5.88 Å². The summed E-state index contributed by atoms with van der Waals surface area (Å²) in [6.45, 7) is 1.75. The highest BCUT2D eigenvalue weighted by atomic mass is 35.5. The fourth-order valence-corrected chi connectivity index (χ4v) is 1.02. The van der Waals surface area contributed by atoms with Crippen LogP contribution in [0.5, 0.6) is 5.88 Å². The summed E-state index contributed by atoms with van der Waals surface area (Å²) in [5.74, 6) is 0.312. The minimum absolute atomic E-state index is 0.312. The van der Waals surface area contributed by atoms with Crippen molar-refractivity contribution in [1.82, 2.24) is 4.98 Å². The molecule has 1 rings (SSSR count). The maximum atomic E-state index is 10.6. The number of carbonyl (C=O) groups is 1. The molecule has 0 N–H and O–H groups in total. The number of rotatable bonds is 2.